The second-order valence-corrected chi connectivity index (χ2v) is 11.7. The summed E-state index contributed by atoms with van der Waals surface area (Å²) < 4.78 is 18.5. The molecule has 3 saturated carbocycles. The molecule has 1 unspecified atom stereocenters. The van der Waals surface area contributed by atoms with Gasteiger partial charge in [-0.3, -0.25) is 9.59 Å². The van der Waals surface area contributed by atoms with E-state index in [-0.39, 0.29) is 29.5 Å². The molecule has 2 spiro atoms. The lowest BCUT2D eigenvalue weighted by atomic mass is 9.45. The fourth-order valence-electron chi connectivity index (χ4n) is 8.88. The van der Waals surface area contributed by atoms with E-state index in [0.717, 1.165) is 38.5 Å². The van der Waals surface area contributed by atoms with Crippen LogP contribution < -0.4 is 0 Å². The molecule has 2 aliphatic heterocycles. The summed E-state index contributed by atoms with van der Waals surface area (Å²) in [6, 6.07) is 0. The number of rotatable bonds is 0. The van der Waals surface area contributed by atoms with Gasteiger partial charge in [-0.05, 0) is 80.6 Å². The molecule has 0 bridgehead atoms. The molecule has 5 fully saturated rings. The Bertz CT molecular complexity index is 874. The van der Waals surface area contributed by atoms with Crippen LogP contribution in [-0.2, 0) is 23.8 Å². The predicted molar refractivity (Wildman–Crippen MR) is 115 cm³/mol. The highest BCUT2D eigenvalue weighted by Crippen LogP contribution is 2.69. The monoisotopic (exact) mass is 444 g/mol. The molecule has 6 heteroatoms. The molecule has 176 valence electrons. The molecular weight excluding hydrogens is 408 g/mol. The van der Waals surface area contributed by atoms with Gasteiger partial charge < -0.3 is 19.3 Å². The second-order valence-electron chi connectivity index (χ2n) is 11.7. The van der Waals surface area contributed by atoms with Gasteiger partial charge >= 0.3 is 0 Å². The van der Waals surface area contributed by atoms with Crippen molar-refractivity contribution in [3.63, 3.8) is 0 Å². The summed E-state index contributed by atoms with van der Waals surface area (Å²) in [7, 11) is 0. The quantitative estimate of drug-likeness (QED) is 0.614. The van der Waals surface area contributed by atoms with E-state index in [4.69, 9.17) is 14.2 Å². The number of Topliss-reactive ketones (excluding diaryl/α,β-unsaturated/α-hetero) is 1. The van der Waals surface area contributed by atoms with Gasteiger partial charge in [-0.2, -0.15) is 0 Å². The Hall–Kier alpha value is -1.08. The van der Waals surface area contributed by atoms with Crippen molar-refractivity contribution in [2.24, 2.45) is 28.6 Å². The van der Waals surface area contributed by atoms with Crippen molar-refractivity contribution in [1.82, 2.24) is 0 Å². The molecule has 6 rings (SSSR count). The maximum atomic E-state index is 13.5. The first-order valence-electron chi connectivity index (χ1n) is 12.7. The first-order valence-corrected chi connectivity index (χ1v) is 12.7. The standard InChI is InChI=1S/C26H36O6/c1-23-10-7-17(27)13-16(23)5-6-18-19-8-11-25(24(19,2)14-20(28)22(18)23)21(29)15-31-26(32-25)9-3-4-12-30-26/h13,18-20,22,28H,3-12,14-15H2,1-2H3/t18-,19-,20-,22+,23-,24-,25-,26?/m0/s1. The van der Waals surface area contributed by atoms with Gasteiger partial charge in [-0.1, -0.05) is 19.4 Å². The molecule has 8 atom stereocenters. The lowest BCUT2D eigenvalue weighted by molar-refractivity contribution is -0.439. The number of carbonyl (C=O) groups excluding carboxylic acids is 2. The predicted octanol–water partition coefficient (Wildman–Crippen LogP) is 3.70. The Labute approximate surface area is 190 Å². The van der Waals surface area contributed by atoms with Crippen molar-refractivity contribution < 1.29 is 28.9 Å². The van der Waals surface area contributed by atoms with Crippen LogP contribution in [0.15, 0.2) is 11.6 Å². The lowest BCUT2D eigenvalue weighted by Crippen LogP contribution is -2.68. The van der Waals surface area contributed by atoms with Crippen molar-refractivity contribution in [2.45, 2.75) is 95.7 Å². The van der Waals surface area contributed by atoms with Crippen molar-refractivity contribution in [3.8, 4) is 0 Å². The van der Waals surface area contributed by atoms with Crippen LogP contribution in [0.1, 0.15) is 78.1 Å². The van der Waals surface area contributed by atoms with Crippen molar-refractivity contribution in [2.75, 3.05) is 13.2 Å². The van der Waals surface area contributed by atoms with Crippen LogP contribution in [0, 0.1) is 28.6 Å². The van der Waals surface area contributed by atoms with Crippen LogP contribution in [0.2, 0.25) is 0 Å². The molecule has 1 N–H and O–H groups in total. The molecule has 0 aromatic heterocycles. The van der Waals surface area contributed by atoms with Gasteiger partial charge in [-0.15, -0.1) is 0 Å². The van der Waals surface area contributed by atoms with E-state index < -0.39 is 23.1 Å². The van der Waals surface area contributed by atoms with Crippen LogP contribution in [-0.4, -0.2) is 47.6 Å². The summed E-state index contributed by atoms with van der Waals surface area (Å²) in [5.41, 5.74) is -0.275. The Morgan fingerprint density at radius 2 is 1.88 bits per heavy atom. The van der Waals surface area contributed by atoms with E-state index >= 15 is 0 Å². The molecule has 4 aliphatic carbocycles. The average molecular weight is 445 g/mol. The maximum absolute atomic E-state index is 13.5. The van der Waals surface area contributed by atoms with Crippen molar-refractivity contribution >= 4 is 11.6 Å². The van der Waals surface area contributed by atoms with Gasteiger partial charge in [0.15, 0.2) is 11.6 Å². The largest absolute Gasteiger partial charge is 0.393 e. The zero-order valence-corrected chi connectivity index (χ0v) is 19.4. The van der Waals surface area contributed by atoms with Gasteiger partial charge in [0.05, 0.1) is 12.7 Å². The highest BCUT2D eigenvalue weighted by Gasteiger charge is 2.72. The van der Waals surface area contributed by atoms with Crippen LogP contribution in [0.3, 0.4) is 0 Å². The van der Waals surface area contributed by atoms with E-state index in [1.165, 1.54) is 5.57 Å². The van der Waals surface area contributed by atoms with Crippen LogP contribution >= 0.6 is 0 Å². The van der Waals surface area contributed by atoms with Crippen molar-refractivity contribution in [3.05, 3.63) is 11.6 Å². The number of ketones is 2. The maximum Gasteiger partial charge on any atom is 0.284 e. The van der Waals surface area contributed by atoms with Crippen LogP contribution in [0.25, 0.3) is 0 Å². The Morgan fingerprint density at radius 3 is 2.66 bits per heavy atom. The fraction of sp³-hybridized carbons (Fsp3) is 0.846. The molecule has 0 radical (unpaired) electrons. The molecule has 0 aromatic carbocycles. The number of ether oxygens (including phenoxy) is 3. The minimum Gasteiger partial charge on any atom is -0.393 e. The van der Waals surface area contributed by atoms with E-state index in [0.29, 0.717) is 44.1 Å². The number of carbonyl (C=O) groups is 2. The number of hydrogen-bond acceptors (Lipinski definition) is 6. The first kappa shape index (κ1) is 21.5. The molecule has 0 aromatic rings. The molecule has 6 aliphatic rings. The summed E-state index contributed by atoms with van der Waals surface area (Å²) >= 11 is 0. The Morgan fingerprint density at radius 1 is 1.03 bits per heavy atom. The van der Waals surface area contributed by atoms with Gasteiger partial charge in [0.25, 0.3) is 5.97 Å². The van der Waals surface area contributed by atoms with Gasteiger partial charge in [0, 0.05) is 18.3 Å². The number of hydrogen-bond donors (Lipinski definition) is 1. The number of fused-ring (bicyclic) bond motifs is 6. The number of allylic oxidation sites excluding steroid dienone is 1. The fourth-order valence-corrected chi connectivity index (χ4v) is 8.88. The van der Waals surface area contributed by atoms with Crippen molar-refractivity contribution in [1.29, 1.82) is 0 Å². The lowest BCUT2D eigenvalue weighted by Gasteiger charge is -2.62. The van der Waals surface area contributed by atoms with E-state index in [2.05, 4.69) is 13.8 Å². The first-order chi connectivity index (χ1) is 15.2. The summed E-state index contributed by atoms with van der Waals surface area (Å²) in [4.78, 5) is 25.6. The van der Waals surface area contributed by atoms with E-state index in [1.54, 1.807) is 0 Å². The van der Waals surface area contributed by atoms with Gasteiger partial charge in [0.1, 0.15) is 12.2 Å². The average Bonchev–Trinajstić information content (AvgIpc) is 3.04. The highest BCUT2D eigenvalue weighted by atomic mass is 16.9. The molecule has 2 heterocycles. The molecule has 2 saturated heterocycles. The van der Waals surface area contributed by atoms with Gasteiger partial charge in [-0.25, -0.2) is 0 Å². The summed E-state index contributed by atoms with van der Waals surface area (Å²) in [6.45, 7) is 5.06. The van der Waals surface area contributed by atoms with E-state index in [1.807, 2.05) is 6.08 Å². The SMILES string of the molecule is C[C@]12CCC(=O)C=C1CC[C@@H]1[C@@H]2[C@@H](O)C[C@@]2(C)[C@H]1CC[C@@]21OC2(CCCCO2)OCC1=O. The van der Waals surface area contributed by atoms with E-state index in [9.17, 15) is 14.7 Å². The molecular formula is C26H36O6. The normalized spacial score (nSPS) is 53.0. The third-order valence-corrected chi connectivity index (χ3v) is 10.4. The summed E-state index contributed by atoms with van der Waals surface area (Å²) in [6.07, 6.45) is 9.39. The zero-order chi connectivity index (χ0) is 22.4. The minimum absolute atomic E-state index is 0.0128. The Balaban J connectivity index is 1.37. The van der Waals surface area contributed by atoms with Crippen LogP contribution in [0.5, 0.6) is 0 Å². The highest BCUT2D eigenvalue weighted by molar-refractivity contribution is 5.92. The molecule has 32 heavy (non-hydrogen) atoms. The summed E-state index contributed by atoms with van der Waals surface area (Å²) in [5, 5.41) is 11.6. The number of aliphatic hydroxyl groups is 1. The van der Waals surface area contributed by atoms with Gasteiger partial charge in [0.2, 0.25) is 0 Å². The zero-order valence-electron chi connectivity index (χ0n) is 19.4. The summed E-state index contributed by atoms with van der Waals surface area (Å²) in [5.74, 6) is -0.0813. The molecule has 0 amide bonds. The Kier molecular flexibility index (Phi) is 4.67. The second kappa shape index (κ2) is 6.97. The third kappa shape index (κ3) is 2.67. The smallest absolute Gasteiger partial charge is 0.284 e. The van der Waals surface area contributed by atoms with Crippen LogP contribution in [0.4, 0.5) is 0 Å². The topological polar surface area (TPSA) is 82.1 Å². The molecule has 6 nitrogen and oxygen atoms in total. The minimum atomic E-state index is -1.11. The number of aliphatic hydroxyl groups excluding tert-OH is 1. The third-order valence-electron chi connectivity index (χ3n) is 10.4.